The van der Waals surface area contributed by atoms with E-state index in [1.54, 1.807) is 36.4 Å². The lowest BCUT2D eigenvalue weighted by Crippen LogP contribution is -2.29. The molecule has 1 saturated carbocycles. The maximum Gasteiger partial charge on any atom is 0.250 e. The minimum Gasteiger partial charge on any atom is -0.366 e. The Bertz CT molecular complexity index is 737. The number of primary amides is 1. The molecule has 0 aromatic heterocycles. The van der Waals surface area contributed by atoms with Crippen LogP contribution >= 0.6 is 0 Å². The molecule has 1 fully saturated rings. The van der Waals surface area contributed by atoms with Crippen molar-refractivity contribution >= 4 is 17.5 Å². The van der Waals surface area contributed by atoms with Gasteiger partial charge in [0, 0.05) is 0 Å². The average Bonchev–Trinajstić information content (AvgIpc) is 3.30. The molecule has 2 amide bonds. The van der Waals surface area contributed by atoms with Crippen molar-refractivity contribution in [1.29, 1.82) is 0 Å². The third-order valence-corrected chi connectivity index (χ3v) is 4.02. The predicted molar refractivity (Wildman–Crippen MR) is 80.9 cm³/mol. The van der Waals surface area contributed by atoms with Crippen LogP contribution in [-0.2, 0) is 10.2 Å². The number of halogens is 1. The maximum atomic E-state index is 13.0. The van der Waals surface area contributed by atoms with E-state index in [4.69, 9.17) is 5.73 Å². The van der Waals surface area contributed by atoms with E-state index in [-0.39, 0.29) is 17.3 Å². The molecule has 2 aromatic carbocycles. The molecule has 0 unspecified atom stereocenters. The molecule has 1 aliphatic rings. The van der Waals surface area contributed by atoms with Crippen LogP contribution in [0.3, 0.4) is 0 Å². The van der Waals surface area contributed by atoms with Crippen LogP contribution in [0.1, 0.15) is 28.8 Å². The van der Waals surface area contributed by atoms with Gasteiger partial charge in [-0.15, -0.1) is 0 Å². The van der Waals surface area contributed by atoms with E-state index in [9.17, 15) is 14.0 Å². The van der Waals surface area contributed by atoms with Gasteiger partial charge in [0.15, 0.2) is 0 Å². The fourth-order valence-electron chi connectivity index (χ4n) is 2.59. The summed E-state index contributed by atoms with van der Waals surface area (Å²) in [5, 5.41) is 2.77. The summed E-state index contributed by atoms with van der Waals surface area (Å²) in [6, 6.07) is 12.6. The highest BCUT2D eigenvalue weighted by Gasteiger charge is 2.51. The number of rotatable bonds is 4. The summed E-state index contributed by atoms with van der Waals surface area (Å²) < 4.78 is 13.0. The van der Waals surface area contributed by atoms with Crippen LogP contribution in [0, 0.1) is 5.82 Å². The summed E-state index contributed by atoms with van der Waals surface area (Å²) in [5.74, 6) is -1.13. The quantitative estimate of drug-likeness (QED) is 0.910. The van der Waals surface area contributed by atoms with E-state index in [2.05, 4.69) is 5.32 Å². The molecule has 4 nitrogen and oxygen atoms in total. The van der Waals surface area contributed by atoms with Crippen molar-refractivity contribution in [2.45, 2.75) is 18.3 Å². The van der Waals surface area contributed by atoms with E-state index >= 15 is 0 Å². The Hall–Kier alpha value is -2.69. The first-order chi connectivity index (χ1) is 10.5. The Morgan fingerprint density at radius 2 is 1.68 bits per heavy atom. The fraction of sp³-hybridized carbons (Fsp3) is 0.176. The molecule has 0 radical (unpaired) electrons. The number of anilines is 1. The van der Waals surface area contributed by atoms with Gasteiger partial charge in [0.2, 0.25) is 5.91 Å². The second kappa shape index (κ2) is 5.26. The zero-order valence-corrected chi connectivity index (χ0v) is 11.8. The van der Waals surface area contributed by atoms with Crippen LogP contribution in [-0.4, -0.2) is 11.8 Å². The molecular formula is C17H15FN2O2. The van der Waals surface area contributed by atoms with Gasteiger partial charge in [0.1, 0.15) is 5.82 Å². The third kappa shape index (κ3) is 2.45. The Labute approximate surface area is 127 Å². The van der Waals surface area contributed by atoms with Crippen molar-refractivity contribution in [3.63, 3.8) is 0 Å². The first-order valence-corrected chi connectivity index (χ1v) is 6.99. The zero-order valence-electron chi connectivity index (χ0n) is 11.8. The summed E-state index contributed by atoms with van der Waals surface area (Å²) in [5.41, 5.74) is 6.12. The van der Waals surface area contributed by atoms with Gasteiger partial charge in [-0.25, -0.2) is 4.39 Å². The summed E-state index contributed by atoms with van der Waals surface area (Å²) in [7, 11) is 0. The number of hydrogen-bond acceptors (Lipinski definition) is 2. The molecule has 0 bridgehead atoms. The van der Waals surface area contributed by atoms with E-state index in [1.165, 1.54) is 12.1 Å². The summed E-state index contributed by atoms with van der Waals surface area (Å²) in [6.07, 6.45) is 1.40. The lowest BCUT2D eigenvalue weighted by atomic mass is 9.94. The van der Waals surface area contributed by atoms with Gasteiger partial charge < -0.3 is 11.1 Å². The normalized spacial score (nSPS) is 15.1. The van der Waals surface area contributed by atoms with Crippen molar-refractivity contribution in [1.82, 2.24) is 0 Å². The van der Waals surface area contributed by atoms with Gasteiger partial charge >= 0.3 is 0 Å². The van der Waals surface area contributed by atoms with Gasteiger partial charge in [-0.3, -0.25) is 9.59 Å². The molecule has 1 aliphatic carbocycles. The summed E-state index contributed by atoms with van der Waals surface area (Å²) >= 11 is 0. The Kier molecular flexibility index (Phi) is 3.41. The number of para-hydroxylation sites is 1. The van der Waals surface area contributed by atoms with Crippen LogP contribution in [0.4, 0.5) is 10.1 Å². The molecule has 0 saturated heterocycles. The SMILES string of the molecule is NC(=O)c1ccccc1NC(=O)C1(c2ccc(F)cc2)CC1. The van der Waals surface area contributed by atoms with Gasteiger partial charge in [0.05, 0.1) is 16.7 Å². The molecule has 3 rings (SSSR count). The molecule has 2 aromatic rings. The Morgan fingerprint density at radius 3 is 2.27 bits per heavy atom. The molecule has 0 heterocycles. The summed E-state index contributed by atoms with van der Waals surface area (Å²) in [4.78, 5) is 24.0. The molecule has 22 heavy (non-hydrogen) atoms. The zero-order chi connectivity index (χ0) is 15.7. The second-order valence-electron chi connectivity index (χ2n) is 5.45. The van der Waals surface area contributed by atoms with E-state index in [0.29, 0.717) is 18.5 Å². The summed E-state index contributed by atoms with van der Waals surface area (Å²) in [6.45, 7) is 0. The molecular weight excluding hydrogens is 283 g/mol. The number of amides is 2. The smallest absolute Gasteiger partial charge is 0.250 e. The van der Waals surface area contributed by atoms with Crippen LogP contribution in [0.5, 0.6) is 0 Å². The predicted octanol–water partition coefficient (Wildman–Crippen LogP) is 2.59. The second-order valence-corrected chi connectivity index (χ2v) is 5.45. The van der Waals surface area contributed by atoms with Crippen LogP contribution < -0.4 is 11.1 Å². The highest BCUT2D eigenvalue weighted by atomic mass is 19.1. The maximum absolute atomic E-state index is 13.0. The first-order valence-electron chi connectivity index (χ1n) is 6.99. The van der Waals surface area contributed by atoms with Crippen molar-refractivity contribution in [3.8, 4) is 0 Å². The van der Waals surface area contributed by atoms with Crippen molar-refractivity contribution in [2.24, 2.45) is 5.73 Å². The minimum absolute atomic E-state index is 0.201. The number of benzene rings is 2. The van der Waals surface area contributed by atoms with Gasteiger partial charge in [-0.05, 0) is 42.7 Å². The van der Waals surface area contributed by atoms with E-state index in [1.807, 2.05) is 0 Å². The monoisotopic (exact) mass is 298 g/mol. The molecule has 0 atom stereocenters. The standard InChI is InChI=1S/C17H15FN2O2/c18-12-7-5-11(6-8-12)17(9-10-17)16(22)20-14-4-2-1-3-13(14)15(19)21/h1-8H,9-10H2,(H2,19,21)(H,20,22). The van der Waals surface area contributed by atoms with Gasteiger partial charge in [-0.2, -0.15) is 0 Å². The van der Waals surface area contributed by atoms with Crippen LogP contribution in [0.2, 0.25) is 0 Å². The molecule has 3 N–H and O–H groups in total. The van der Waals surface area contributed by atoms with E-state index < -0.39 is 11.3 Å². The van der Waals surface area contributed by atoms with Crippen LogP contribution in [0.25, 0.3) is 0 Å². The number of nitrogens with two attached hydrogens (primary N) is 1. The van der Waals surface area contributed by atoms with Crippen molar-refractivity contribution in [2.75, 3.05) is 5.32 Å². The molecule has 112 valence electrons. The number of hydrogen-bond donors (Lipinski definition) is 2. The Balaban J connectivity index is 1.86. The molecule has 0 spiro atoms. The molecule has 5 heteroatoms. The molecule has 0 aliphatic heterocycles. The minimum atomic E-state index is -0.640. The largest absolute Gasteiger partial charge is 0.366 e. The third-order valence-electron chi connectivity index (χ3n) is 4.02. The lowest BCUT2D eigenvalue weighted by molar-refractivity contribution is -0.118. The van der Waals surface area contributed by atoms with Gasteiger partial charge in [0.25, 0.3) is 5.91 Å². The number of carbonyl (C=O) groups excluding carboxylic acids is 2. The van der Waals surface area contributed by atoms with E-state index in [0.717, 1.165) is 5.56 Å². The highest BCUT2D eigenvalue weighted by molar-refractivity contribution is 6.06. The average molecular weight is 298 g/mol. The number of nitrogens with one attached hydrogen (secondary N) is 1. The van der Waals surface area contributed by atoms with Crippen molar-refractivity contribution < 1.29 is 14.0 Å². The van der Waals surface area contributed by atoms with Crippen LogP contribution in [0.15, 0.2) is 48.5 Å². The Morgan fingerprint density at radius 1 is 1.05 bits per heavy atom. The van der Waals surface area contributed by atoms with Gasteiger partial charge in [-0.1, -0.05) is 24.3 Å². The fourth-order valence-corrected chi connectivity index (χ4v) is 2.59. The first kappa shape index (κ1) is 14.3. The topological polar surface area (TPSA) is 72.2 Å². The highest BCUT2D eigenvalue weighted by Crippen LogP contribution is 2.49. The lowest BCUT2D eigenvalue weighted by Gasteiger charge is -2.17. The number of carbonyl (C=O) groups is 2. The van der Waals surface area contributed by atoms with Crippen molar-refractivity contribution in [3.05, 3.63) is 65.5 Å².